The van der Waals surface area contributed by atoms with Crippen molar-refractivity contribution in [2.24, 2.45) is 11.8 Å². The highest BCUT2D eigenvalue weighted by Crippen LogP contribution is 2.44. The van der Waals surface area contributed by atoms with Gasteiger partial charge in [0.15, 0.2) is 0 Å². The molecule has 3 atom stereocenters. The molecule has 2 aliphatic carbocycles. The van der Waals surface area contributed by atoms with Crippen LogP contribution < -0.4 is 10.1 Å². The topological polar surface area (TPSA) is 21.3 Å². The van der Waals surface area contributed by atoms with Crippen molar-refractivity contribution in [1.29, 1.82) is 0 Å². The maximum atomic E-state index is 12.4. The van der Waals surface area contributed by atoms with E-state index in [-0.39, 0.29) is 5.75 Å². The molecule has 2 fully saturated rings. The minimum atomic E-state index is -2.78. The van der Waals surface area contributed by atoms with Gasteiger partial charge in [-0.25, -0.2) is 0 Å². The van der Waals surface area contributed by atoms with Crippen LogP contribution in [0.5, 0.6) is 5.75 Å². The molecule has 0 aliphatic heterocycles. The molecule has 0 spiro atoms. The van der Waals surface area contributed by atoms with Crippen molar-refractivity contribution in [3.05, 3.63) is 28.2 Å². The molecule has 1 N–H and O–H groups in total. The van der Waals surface area contributed by atoms with E-state index in [4.69, 9.17) is 0 Å². The fourth-order valence-electron chi connectivity index (χ4n) is 3.63. The number of hydrogen-bond donors (Lipinski definition) is 1. The van der Waals surface area contributed by atoms with Gasteiger partial charge < -0.3 is 10.1 Å². The predicted octanol–water partition coefficient (Wildman–Crippen LogP) is 4.33. The summed E-state index contributed by atoms with van der Waals surface area (Å²) < 4.78 is 30.3. The average Bonchev–Trinajstić information content (AvgIpc) is 3.00. The molecule has 20 heavy (non-hydrogen) atoms. The van der Waals surface area contributed by atoms with Crippen molar-refractivity contribution in [3.8, 4) is 5.75 Å². The Morgan fingerprint density at radius 2 is 2.15 bits per heavy atom. The molecular formula is C15H18BrF2NO. The van der Waals surface area contributed by atoms with Crippen molar-refractivity contribution in [2.75, 3.05) is 0 Å². The second-order valence-electron chi connectivity index (χ2n) is 5.79. The molecule has 2 nitrogen and oxygen atoms in total. The van der Waals surface area contributed by atoms with Gasteiger partial charge in [0, 0.05) is 22.6 Å². The van der Waals surface area contributed by atoms with E-state index in [0.717, 1.165) is 21.9 Å². The molecule has 3 unspecified atom stereocenters. The third-order valence-corrected chi connectivity index (χ3v) is 5.02. The average molecular weight is 346 g/mol. The van der Waals surface area contributed by atoms with Gasteiger partial charge in [0.25, 0.3) is 0 Å². The Morgan fingerprint density at radius 3 is 2.80 bits per heavy atom. The Labute approximate surface area is 126 Å². The highest BCUT2D eigenvalue weighted by molar-refractivity contribution is 9.10. The molecule has 0 aromatic heterocycles. The maximum Gasteiger partial charge on any atom is 0.387 e. The summed E-state index contributed by atoms with van der Waals surface area (Å²) in [6.07, 6.45) is 5.22. The molecular weight excluding hydrogens is 328 g/mol. The van der Waals surface area contributed by atoms with E-state index < -0.39 is 6.61 Å². The highest BCUT2D eigenvalue weighted by Gasteiger charge is 2.39. The lowest BCUT2D eigenvalue weighted by molar-refractivity contribution is -0.0505. The normalized spacial score (nSPS) is 28.3. The Bertz CT molecular complexity index is 483. The molecule has 0 radical (unpaired) electrons. The molecule has 3 rings (SSSR count). The SMILES string of the molecule is FC(F)Oc1ccc(Br)cc1CNC1CC2CCC1C2. The summed E-state index contributed by atoms with van der Waals surface area (Å²) in [6.45, 7) is -2.20. The predicted molar refractivity (Wildman–Crippen MR) is 76.8 cm³/mol. The first-order chi connectivity index (χ1) is 9.61. The number of alkyl halides is 2. The number of ether oxygens (including phenoxy) is 1. The van der Waals surface area contributed by atoms with E-state index in [1.165, 1.54) is 25.7 Å². The molecule has 2 saturated carbocycles. The van der Waals surface area contributed by atoms with Gasteiger partial charge in [0.2, 0.25) is 0 Å². The van der Waals surface area contributed by atoms with Crippen LogP contribution in [0.4, 0.5) is 8.78 Å². The van der Waals surface area contributed by atoms with E-state index >= 15 is 0 Å². The number of benzene rings is 1. The van der Waals surface area contributed by atoms with Crippen molar-refractivity contribution in [2.45, 2.75) is 44.9 Å². The summed E-state index contributed by atoms with van der Waals surface area (Å²) in [6, 6.07) is 5.69. The van der Waals surface area contributed by atoms with E-state index in [2.05, 4.69) is 26.0 Å². The molecule has 2 aliphatic rings. The van der Waals surface area contributed by atoms with Gasteiger partial charge in [-0.15, -0.1) is 0 Å². The first-order valence-electron chi connectivity index (χ1n) is 7.08. The van der Waals surface area contributed by atoms with Crippen molar-refractivity contribution in [3.63, 3.8) is 0 Å². The minimum Gasteiger partial charge on any atom is -0.434 e. The van der Waals surface area contributed by atoms with Gasteiger partial charge in [-0.1, -0.05) is 22.4 Å². The smallest absolute Gasteiger partial charge is 0.387 e. The summed E-state index contributed by atoms with van der Waals surface area (Å²) >= 11 is 3.38. The monoisotopic (exact) mass is 345 g/mol. The third kappa shape index (κ3) is 3.14. The summed E-state index contributed by atoms with van der Waals surface area (Å²) in [5, 5.41) is 3.52. The van der Waals surface area contributed by atoms with Crippen LogP contribution in [-0.2, 0) is 6.54 Å². The summed E-state index contributed by atoms with van der Waals surface area (Å²) in [7, 11) is 0. The minimum absolute atomic E-state index is 0.263. The first kappa shape index (κ1) is 14.3. The lowest BCUT2D eigenvalue weighted by Gasteiger charge is -2.23. The molecule has 0 heterocycles. The van der Waals surface area contributed by atoms with Gasteiger partial charge in [0.05, 0.1) is 0 Å². The quantitative estimate of drug-likeness (QED) is 0.857. The largest absolute Gasteiger partial charge is 0.434 e. The molecule has 2 bridgehead atoms. The van der Waals surface area contributed by atoms with E-state index in [9.17, 15) is 8.78 Å². The maximum absolute atomic E-state index is 12.4. The molecule has 110 valence electrons. The highest BCUT2D eigenvalue weighted by atomic mass is 79.9. The fraction of sp³-hybridized carbons (Fsp3) is 0.600. The van der Waals surface area contributed by atoms with E-state index in [1.54, 1.807) is 12.1 Å². The second kappa shape index (κ2) is 5.98. The van der Waals surface area contributed by atoms with Crippen LogP contribution in [-0.4, -0.2) is 12.7 Å². The van der Waals surface area contributed by atoms with Gasteiger partial charge in [-0.05, 0) is 49.3 Å². The Hall–Kier alpha value is -0.680. The van der Waals surface area contributed by atoms with Crippen molar-refractivity contribution in [1.82, 2.24) is 5.32 Å². The third-order valence-electron chi connectivity index (χ3n) is 4.53. The van der Waals surface area contributed by atoms with Crippen molar-refractivity contribution >= 4 is 15.9 Å². The second-order valence-corrected chi connectivity index (χ2v) is 6.71. The standard InChI is InChI=1S/C15H18BrF2NO/c16-12-3-4-14(20-15(17)18)11(7-12)8-19-13-6-9-1-2-10(13)5-9/h3-4,7,9-10,13,15,19H,1-2,5-6,8H2. The summed E-state index contributed by atoms with van der Waals surface area (Å²) in [4.78, 5) is 0. The summed E-state index contributed by atoms with van der Waals surface area (Å²) in [5.41, 5.74) is 0.780. The number of halogens is 3. The van der Waals surface area contributed by atoms with Crippen LogP contribution in [0, 0.1) is 11.8 Å². The van der Waals surface area contributed by atoms with Crippen molar-refractivity contribution < 1.29 is 13.5 Å². The summed E-state index contributed by atoms with van der Waals surface area (Å²) in [5.74, 6) is 1.90. The van der Waals surface area contributed by atoms with Gasteiger partial charge >= 0.3 is 6.61 Å². The number of fused-ring (bicyclic) bond motifs is 2. The molecule has 0 saturated heterocycles. The lowest BCUT2D eigenvalue weighted by atomic mass is 9.95. The van der Waals surface area contributed by atoms with E-state index in [0.29, 0.717) is 12.6 Å². The van der Waals surface area contributed by atoms with Crippen LogP contribution in [0.1, 0.15) is 31.2 Å². The Balaban J connectivity index is 1.65. The lowest BCUT2D eigenvalue weighted by Crippen LogP contribution is -2.33. The van der Waals surface area contributed by atoms with E-state index in [1.807, 2.05) is 6.07 Å². The van der Waals surface area contributed by atoms with Crippen LogP contribution in [0.25, 0.3) is 0 Å². The van der Waals surface area contributed by atoms with Crippen LogP contribution in [0.3, 0.4) is 0 Å². The van der Waals surface area contributed by atoms with Crippen LogP contribution >= 0.6 is 15.9 Å². The number of nitrogens with one attached hydrogen (secondary N) is 1. The molecule has 5 heteroatoms. The number of rotatable bonds is 5. The first-order valence-corrected chi connectivity index (χ1v) is 7.87. The van der Waals surface area contributed by atoms with Gasteiger partial charge in [-0.2, -0.15) is 8.78 Å². The Kier molecular flexibility index (Phi) is 4.26. The zero-order valence-electron chi connectivity index (χ0n) is 11.1. The van der Waals surface area contributed by atoms with Crippen LogP contribution in [0.15, 0.2) is 22.7 Å². The number of hydrogen-bond acceptors (Lipinski definition) is 2. The molecule has 0 amide bonds. The molecule has 1 aromatic rings. The zero-order valence-corrected chi connectivity index (χ0v) is 12.7. The van der Waals surface area contributed by atoms with Gasteiger partial charge in [-0.3, -0.25) is 0 Å². The molecule has 1 aromatic carbocycles. The Morgan fingerprint density at radius 1 is 1.30 bits per heavy atom. The zero-order chi connectivity index (χ0) is 14.1. The fourth-order valence-corrected chi connectivity index (χ4v) is 4.04. The van der Waals surface area contributed by atoms with Gasteiger partial charge in [0.1, 0.15) is 5.75 Å². The van der Waals surface area contributed by atoms with Crippen LogP contribution in [0.2, 0.25) is 0 Å².